The molecule has 1 aromatic carbocycles. The second-order valence-electron chi connectivity index (χ2n) is 4.85. The second-order valence-corrected chi connectivity index (χ2v) is 4.85. The summed E-state index contributed by atoms with van der Waals surface area (Å²) in [5, 5.41) is 3.31. The van der Waals surface area contributed by atoms with E-state index in [0.717, 1.165) is 10.9 Å². The first-order valence-corrected chi connectivity index (χ1v) is 7.18. The van der Waals surface area contributed by atoms with Crippen LogP contribution in [0.25, 0.3) is 10.9 Å². The average Bonchev–Trinajstić information content (AvgIpc) is 3.00. The molecule has 1 amide bonds. The van der Waals surface area contributed by atoms with E-state index in [0.29, 0.717) is 18.5 Å². The number of H-pyrrole nitrogens is 1. The summed E-state index contributed by atoms with van der Waals surface area (Å²) in [4.78, 5) is 37.5. The first kappa shape index (κ1) is 16.5. The summed E-state index contributed by atoms with van der Waals surface area (Å²) < 4.78 is 9.48. The van der Waals surface area contributed by atoms with Crippen molar-refractivity contribution in [3.63, 3.8) is 0 Å². The molecule has 2 rings (SSSR count). The Morgan fingerprint density at radius 3 is 2.78 bits per heavy atom. The monoisotopic (exact) mass is 318 g/mol. The number of benzene rings is 1. The van der Waals surface area contributed by atoms with Crippen molar-refractivity contribution in [2.24, 2.45) is 0 Å². The summed E-state index contributed by atoms with van der Waals surface area (Å²) in [7, 11) is 1.31. The van der Waals surface area contributed by atoms with Gasteiger partial charge in [-0.25, -0.2) is 4.79 Å². The summed E-state index contributed by atoms with van der Waals surface area (Å²) in [6, 6.07) is 7.33. The van der Waals surface area contributed by atoms with Crippen LogP contribution in [0.15, 0.2) is 30.5 Å². The third-order valence-corrected chi connectivity index (χ3v) is 3.25. The van der Waals surface area contributed by atoms with Gasteiger partial charge in [-0.3, -0.25) is 9.59 Å². The molecule has 0 bridgehead atoms. The number of ether oxygens (including phenoxy) is 2. The molecular weight excluding hydrogens is 300 g/mol. The van der Waals surface area contributed by atoms with Crippen LogP contribution in [-0.2, 0) is 19.1 Å². The van der Waals surface area contributed by atoms with E-state index in [-0.39, 0.29) is 19.0 Å². The summed E-state index contributed by atoms with van der Waals surface area (Å²) in [5.41, 5.74) is 1.21. The van der Waals surface area contributed by atoms with Gasteiger partial charge in [0.2, 0.25) is 0 Å². The minimum Gasteiger partial charge on any atom is -0.469 e. The van der Waals surface area contributed by atoms with Crippen LogP contribution in [0.2, 0.25) is 0 Å². The van der Waals surface area contributed by atoms with Crippen LogP contribution in [0, 0.1) is 0 Å². The Kier molecular flexibility index (Phi) is 5.74. The highest BCUT2D eigenvalue weighted by molar-refractivity contribution is 6.04. The number of para-hydroxylation sites is 1. The highest BCUT2D eigenvalue weighted by Crippen LogP contribution is 2.18. The van der Waals surface area contributed by atoms with Gasteiger partial charge in [-0.2, -0.15) is 0 Å². The summed E-state index contributed by atoms with van der Waals surface area (Å²) in [5.74, 6) is -1.31. The molecule has 2 aromatic rings. The van der Waals surface area contributed by atoms with Crippen LogP contribution in [0.1, 0.15) is 23.2 Å². The molecule has 0 saturated carbocycles. The van der Waals surface area contributed by atoms with Gasteiger partial charge in [0.15, 0.2) is 6.61 Å². The first-order chi connectivity index (χ1) is 11.1. The van der Waals surface area contributed by atoms with Crippen molar-refractivity contribution < 1.29 is 23.9 Å². The van der Waals surface area contributed by atoms with Crippen LogP contribution < -0.4 is 5.32 Å². The predicted octanol–water partition coefficient (Wildman–Crippen LogP) is 1.39. The number of methoxy groups -OCH3 is 1. The van der Waals surface area contributed by atoms with E-state index >= 15 is 0 Å². The summed E-state index contributed by atoms with van der Waals surface area (Å²) in [6.07, 6.45) is 2.25. The maximum Gasteiger partial charge on any atom is 0.340 e. The molecule has 7 heteroatoms. The zero-order chi connectivity index (χ0) is 16.7. The lowest BCUT2D eigenvalue weighted by Gasteiger charge is -2.06. The molecule has 0 aliphatic heterocycles. The molecule has 0 unspecified atom stereocenters. The molecule has 7 nitrogen and oxygen atoms in total. The SMILES string of the molecule is COC(=O)CCCNC(=O)COC(=O)c1c[nH]c2ccccc12. The summed E-state index contributed by atoms with van der Waals surface area (Å²) >= 11 is 0. The van der Waals surface area contributed by atoms with Crippen molar-refractivity contribution in [1.82, 2.24) is 10.3 Å². The van der Waals surface area contributed by atoms with Crippen LogP contribution in [0.3, 0.4) is 0 Å². The van der Waals surface area contributed by atoms with Gasteiger partial charge in [-0.1, -0.05) is 18.2 Å². The lowest BCUT2D eigenvalue weighted by atomic mass is 10.2. The fourth-order valence-electron chi connectivity index (χ4n) is 2.06. The van der Waals surface area contributed by atoms with Gasteiger partial charge in [-0.15, -0.1) is 0 Å². The van der Waals surface area contributed by atoms with Crippen LogP contribution >= 0.6 is 0 Å². The van der Waals surface area contributed by atoms with Crippen molar-refractivity contribution in [2.75, 3.05) is 20.3 Å². The molecule has 1 heterocycles. The molecule has 122 valence electrons. The van der Waals surface area contributed by atoms with Crippen molar-refractivity contribution in [3.05, 3.63) is 36.0 Å². The highest BCUT2D eigenvalue weighted by Gasteiger charge is 2.14. The number of rotatable bonds is 7. The van der Waals surface area contributed by atoms with Crippen LogP contribution in [0.5, 0.6) is 0 Å². The number of nitrogens with one attached hydrogen (secondary N) is 2. The van der Waals surface area contributed by atoms with Crippen molar-refractivity contribution in [1.29, 1.82) is 0 Å². The normalized spacial score (nSPS) is 10.3. The number of hydrogen-bond acceptors (Lipinski definition) is 5. The Morgan fingerprint density at radius 1 is 1.22 bits per heavy atom. The van der Waals surface area contributed by atoms with Gasteiger partial charge in [0.25, 0.3) is 5.91 Å². The number of carbonyl (C=O) groups is 3. The third kappa shape index (κ3) is 4.57. The van der Waals surface area contributed by atoms with Crippen molar-refractivity contribution in [2.45, 2.75) is 12.8 Å². The maximum atomic E-state index is 12.0. The highest BCUT2D eigenvalue weighted by atomic mass is 16.5. The average molecular weight is 318 g/mol. The van der Waals surface area contributed by atoms with Gasteiger partial charge < -0.3 is 19.8 Å². The van der Waals surface area contributed by atoms with Gasteiger partial charge in [-0.05, 0) is 12.5 Å². The van der Waals surface area contributed by atoms with Crippen molar-refractivity contribution in [3.8, 4) is 0 Å². The standard InChI is InChI=1S/C16H18N2O5/c1-22-15(20)7-4-8-17-14(19)10-23-16(21)12-9-18-13-6-3-2-5-11(12)13/h2-3,5-6,9,18H,4,7-8,10H2,1H3,(H,17,19). The quantitative estimate of drug-likeness (QED) is 0.594. The molecule has 0 atom stereocenters. The Bertz CT molecular complexity index is 707. The van der Waals surface area contributed by atoms with E-state index < -0.39 is 11.9 Å². The van der Waals surface area contributed by atoms with Crippen LogP contribution in [-0.4, -0.2) is 43.1 Å². The molecule has 0 spiro atoms. The molecule has 0 saturated heterocycles. The molecule has 23 heavy (non-hydrogen) atoms. The number of hydrogen-bond donors (Lipinski definition) is 2. The second kappa shape index (κ2) is 7.98. The van der Waals surface area contributed by atoms with E-state index in [4.69, 9.17) is 4.74 Å². The maximum absolute atomic E-state index is 12.0. The molecular formula is C16H18N2O5. The molecule has 0 aliphatic carbocycles. The third-order valence-electron chi connectivity index (χ3n) is 3.25. The topological polar surface area (TPSA) is 97.5 Å². The number of amides is 1. The smallest absolute Gasteiger partial charge is 0.340 e. The fourth-order valence-corrected chi connectivity index (χ4v) is 2.06. The number of aromatic nitrogens is 1. The van der Waals surface area contributed by atoms with E-state index in [9.17, 15) is 14.4 Å². The predicted molar refractivity (Wildman–Crippen MR) is 82.8 cm³/mol. The van der Waals surface area contributed by atoms with E-state index in [1.807, 2.05) is 18.2 Å². The first-order valence-electron chi connectivity index (χ1n) is 7.18. The van der Waals surface area contributed by atoms with Gasteiger partial charge in [0.1, 0.15) is 0 Å². The Hall–Kier alpha value is -2.83. The zero-order valence-electron chi connectivity index (χ0n) is 12.8. The molecule has 0 fully saturated rings. The fraction of sp³-hybridized carbons (Fsp3) is 0.312. The molecule has 1 aromatic heterocycles. The molecule has 0 aliphatic rings. The minimum absolute atomic E-state index is 0.228. The Balaban J connectivity index is 1.76. The summed E-state index contributed by atoms with van der Waals surface area (Å²) in [6.45, 7) is -0.0465. The largest absolute Gasteiger partial charge is 0.469 e. The van der Waals surface area contributed by atoms with E-state index in [2.05, 4.69) is 15.0 Å². The van der Waals surface area contributed by atoms with Crippen LogP contribution in [0.4, 0.5) is 0 Å². The van der Waals surface area contributed by atoms with Gasteiger partial charge in [0.05, 0.1) is 12.7 Å². The van der Waals surface area contributed by atoms with E-state index in [1.165, 1.54) is 7.11 Å². The number of aromatic amines is 1. The molecule has 0 radical (unpaired) electrons. The molecule has 2 N–H and O–H groups in total. The Morgan fingerprint density at radius 2 is 2.00 bits per heavy atom. The lowest BCUT2D eigenvalue weighted by molar-refractivity contribution is -0.140. The van der Waals surface area contributed by atoms with Gasteiger partial charge >= 0.3 is 11.9 Å². The number of fused-ring (bicyclic) bond motifs is 1. The number of esters is 2. The van der Waals surface area contributed by atoms with Crippen molar-refractivity contribution >= 4 is 28.7 Å². The lowest BCUT2D eigenvalue weighted by Crippen LogP contribution is -2.29. The van der Waals surface area contributed by atoms with E-state index in [1.54, 1.807) is 12.3 Å². The number of carbonyl (C=O) groups excluding carboxylic acids is 3. The van der Waals surface area contributed by atoms with Gasteiger partial charge in [0, 0.05) is 30.1 Å². The minimum atomic E-state index is -0.563. The Labute approximate surface area is 133 Å². The zero-order valence-corrected chi connectivity index (χ0v) is 12.8.